The molecule has 1 heteroatoms. The van der Waals surface area contributed by atoms with Crippen LogP contribution in [0.1, 0.15) is 11.1 Å². The first-order chi connectivity index (χ1) is 14.7. The molecule has 30 heavy (non-hydrogen) atoms. The summed E-state index contributed by atoms with van der Waals surface area (Å²) in [5, 5.41) is 19.8. The zero-order valence-corrected chi connectivity index (χ0v) is 16.5. The number of rotatable bonds is 2. The lowest BCUT2D eigenvalue weighted by Gasteiger charge is -2.11. The van der Waals surface area contributed by atoms with E-state index < -0.39 is 0 Å². The largest absolute Gasteiger partial charge is 0.508 e. The van der Waals surface area contributed by atoms with E-state index in [9.17, 15) is 5.11 Å². The summed E-state index contributed by atoms with van der Waals surface area (Å²) in [4.78, 5) is 0. The van der Waals surface area contributed by atoms with Gasteiger partial charge in [-0.25, -0.2) is 0 Å². The molecule has 1 nitrogen and oxygen atoms in total. The van der Waals surface area contributed by atoms with Gasteiger partial charge in [-0.3, -0.25) is 0 Å². The Hall–Kier alpha value is -3.84. The molecule has 0 saturated heterocycles. The number of hydrogen-bond acceptors (Lipinski definition) is 1. The molecule has 0 aromatic heterocycles. The maximum atomic E-state index is 9.57. The summed E-state index contributed by atoms with van der Waals surface area (Å²) >= 11 is 0. The molecule has 6 rings (SSSR count). The van der Waals surface area contributed by atoms with Crippen molar-refractivity contribution in [2.75, 3.05) is 0 Å². The summed E-state index contributed by atoms with van der Waals surface area (Å²) in [5.41, 5.74) is 2.50. The molecule has 6 aromatic carbocycles. The molecule has 0 atom stereocenters. The third-order valence-corrected chi connectivity index (χ3v) is 6.12. The minimum absolute atomic E-state index is 0.307. The zero-order valence-electron chi connectivity index (χ0n) is 16.5. The van der Waals surface area contributed by atoms with Crippen LogP contribution >= 0.6 is 0 Å². The smallest absolute Gasteiger partial charge is 0.115 e. The van der Waals surface area contributed by atoms with E-state index in [1.807, 2.05) is 12.1 Å². The fourth-order valence-electron chi connectivity index (χ4n) is 4.57. The van der Waals surface area contributed by atoms with Crippen LogP contribution in [0.5, 0.6) is 5.75 Å². The zero-order chi connectivity index (χ0) is 20.1. The third kappa shape index (κ3) is 2.79. The Labute approximate surface area is 174 Å². The predicted molar refractivity (Wildman–Crippen MR) is 127 cm³/mol. The summed E-state index contributed by atoms with van der Waals surface area (Å²) in [6, 6.07) is 36.4. The molecule has 0 radical (unpaired) electrons. The standard InChI is InChI=1S/C29H20O/c30-26-12-8-19(9-13-26)14-22-6-3-7-23-18-29-25(17-27(22)23)11-10-24-15-20-4-1-2-5-21(20)16-28(24)29/h1-13,15-18,30H,14H2. The number of aromatic hydroxyl groups is 1. The van der Waals surface area contributed by atoms with Crippen LogP contribution in [0.4, 0.5) is 0 Å². The highest BCUT2D eigenvalue weighted by molar-refractivity contribution is 6.15. The van der Waals surface area contributed by atoms with Gasteiger partial charge in [-0.15, -0.1) is 0 Å². The molecule has 0 fully saturated rings. The Morgan fingerprint density at radius 2 is 1.03 bits per heavy atom. The summed E-state index contributed by atoms with van der Waals surface area (Å²) in [6.45, 7) is 0. The van der Waals surface area contributed by atoms with Crippen LogP contribution in [-0.2, 0) is 6.42 Å². The number of phenols is 1. The maximum absolute atomic E-state index is 9.57. The van der Waals surface area contributed by atoms with Crippen molar-refractivity contribution in [3.8, 4) is 5.75 Å². The van der Waals surface area contributed by atoms with Gasteiger partial charge in [-0.05, 0) is 97.0 Å². The Kier molecular flexibility index (Phi) is 3.75. The summed E-state index contributed by atoms with van der Waals surface area (Å²) in [6.07, 6.45) is 0.849. The van der Waals surface area contributed by atoms with Crippen molar-refractivity contribution in [1.82, 2.24) is 0 Å². The number of benzene rings is 6. The predicted octanol–water partition coefficient (Wildman–Crippen LogP) is 7.60. The van der Waals surface area contributed by atoms with Crippen molar-refractivity contribution in [3.05, 3.63) is 114 Å². The van der Waals surface area contributed by atoms with E-state index in [4.69, 9.17) is 0 Å². The Morgan fingerprint density at radius 1 is 0.467 bits per heavy atom. The fourth-order valence-corrected chi connectivity index (χ4v) is 4.57. The van der Waals surface area contributed by atoms with Gasteiger partial charge in [0.2, 0.25) is 0 Å². The number of fused-ring (bicyclic) bond motifs is 5. The first kappa shape index (κ1) is 17.1. The topological polar surface area (TPSA) is 20.2 Å². The molecule has 0 saturated carbocycles. The van der Waals surface area contributed by atoms with Gasteiger partial charge in [0.25, 0.3) is 0 Å². The lowest BCUT2D eigenvalue weighted by molar-refractivity contribution is 0.475. The molecular weight excluding hydrogens is 364 g/mol. The molecule has 0 unspecified atom stereocenters. The molecule has 1 N–H and O–H groups in total. The second kappa shape index (κ2) is 6.60. The minimum Gasteiger partial charge on any atom is -0.508 e. The Balaban J connectivity index is 1.57. The van der Waals surface area contributed by atoms with Gasteiger partial charge in [-0.2, -0.15) is 0 Å². The maximum Gasteiger partial charge on any atom is 0.115 e. The highest BCUT2D eigenvalue weighted by Crippen LogP contribution is 2.33. The molecule has 0 amide bonds. The van der Waals surface area contributed by atoms with Crippen molar-refractivity contribution >= 4 is 43.1 Å². The van der Waals surface area contributed by atoms with Crippen molar-refractivity contribution in [2.45, 2.75) is 6.42 Å². The van der Waals surface area contributed by atoms with Gasteiger partial charge < -0.3 is 5.11 Å². The second-order valence-electron chi connectivity index (χ2n) is 8.04. The third-order valence-electron chi connectivity index (χ3n) is 6.12. The van der Waals surface area contributed by atoms with Gasteiger partial charge in [-0.1, -0.05) is 66.7 Å². The number of hydrogen-bond donors (Lipinski definition) is 1. The van der Waals surface area contributed by atoms with E-state index in [1.165, 1.54) is 54.2 Å². The highest BCUT2D eigenvalue weighted by Gasteiger charge is 2.08. The van der Waals surface area contributed by atoms with Gasteiger partial charge in [0.15, 0.2) is 0 Å². The average molecular weight is 384 g/mol. The Bertz CT molecular complexity index is 1560. The summed E-state index contributed by atoms with van der Waals surface area (Å²) in [5.74, 6) is 0.307. The van der Waals surface area contributed by atoms with Crippen LogP contribution in [0.2, 0.25) is 0 Å². The SMILES string of the molecule is Oc1ccc(Cc2cccc3cc4c(ccc5cc6ccccc6cc54)cc23)cc1. The van der Waals surface area contributed by atoms with Crippen molar-refractivity contribution in [1.29, 1.82) is 0 Å². The molecule has 142 valence electrons. The monoisotopic (exact) mass is 384 g/mol. The Morgan fingerprint density at radius 3 is 1.80 bits per heavy atom. The minimum atomic E-state index is 0.307. The van der Waals surface area contributed by atoms with E-state index >= 15 is 0 Å². The van der Waals surface area contributed by atoms with E-state index in [0.717, 1.165) is 6.42 Å². The molecule has 0 bridgehead atoms. The van der Waals surface area contributed by atoms with Crippen LogP contribution in [0, 0.1) is 0 Å². The van der Waals surface area contributed by atoms with E-state index in [2.05, 4.69) is 78.9 Å². The van der Waals surface area contributed by atoms with Crippen molar-refractivity contribution in [3.63, 3.8) is 0 Å². The molecule has 0 heterocycles. The van der Waals surface area contributed by atoms with E-state index in [1.54, 1.807) is 12.1 Å². The summed E-state index contributed by atoms with van der Waals surface area (Å²) in [7, 11) is 0. The lowest BCUT2D eigenvalue weighted by Crippen LogP contribution is -1.90. The highest BCUT2D eigenvalue weighted by atomic mass is 16.3. The van der Waals surface area contributed by atoms with Crippen molar-refractivity contribution < 1.29 is 5.11 Å². The average Bonchev–Trinajstić information content (AvgIpc) is 2.78. The molecule has 0 aliphatic carbocycles. The van der Waals surface area contributed by atoms with Crippen LogP contribution < -0.4 is 0 Å². The quantitative estimate of drug-likeness (QED) is 0.241. The number of phenolic OH excluding ortho intramolecular Hbond substituents is 1. The molecule has 6 aromatic rings. The van der Waals surface area contributed by atoms with Crippen LogP contribution in [0.3, 0.4) is 0 Å². The van der Waals surface area contributed by atoms with Gasteiger partial charge in [0, 0.05) is 0 Å². The van der Waals surface area contributed by atoms with Gasteiger partial charge in [0.05, 0.1) is 0 Å². The van der Waals surface area contributed by atoms with Gasteiger partial charge in [0.1, 0.15) is 5.75 Å². The first-order valence-electron chi connectivity index (χ1n) is 10.3. The molecular formula is C29H20O. The van der Waals surface area contributed by atoms with E-state index in [-0.39, 0.29) is 0 Å². The van der Waals surface area contributed by atoms with Crippen LogP contribution in [-0.4, -0.2) is 5.11 Å². The van der Waals surface area contributed by atoms with Crippen LogP contribution in [0.25, 0.3) is 43.1 Å². The normalized spacial score (nSPS) is 11.6. The van der Waals surface area contributed by atoms with Gasteiger partial charge >= 0.3 is 0 Å². The van der Waals surface area contributed by atoms with Crippen molar-refractivity contribution in [2.24, 2.45) is 0 Å². The van der Waals surface area contributed by atoms with Crippen LogP contribution in [0.15, 0.2) is 103 Å². The summed E-state index contributed by atoms with van der Waals surface area (Å²) < 4.78 is 0. The lowest BCUT2D eigenvalue weighted by atomic mass is 9.93. The molecule has 0 aliphatic rings. The van der Waals surface area contributed by atoms with E-state index in [0.29, 0.717) is 5.75 Å². The fraction of sp³-hybridized carbons (Fsp3) is 0.0345. The second-order valence-corrected chi connectivity index (χ2v) is 8.04. The first-order valence-corrected chi connectivity index (χ1v) is 10.3. The molecule has 0 spiro atoms. The molecule has 0 aliphatic heterocycles.